The molecule has 0 radical (unpaired) electrons. The Morgan fingerprint density at radius 1 is 0.339 bits per heavy atom. The predicted octanol–water partition coefficient (Wildman–Crippen LogP) is 16.2. The summed E-state index contributed by atoms with van der Waals surface area (Å²) in [6.07, 6.45) is 0. The first kappa shape index (κ1) is 36.7. The minimum Gasteiger partial charge on any atom is -0.310 e. The van der Waals surface area contributed by atoms with Crippen molar-refractivity contribution in [1.82, 2.24) is 0 Å². The van der Waals surface area contributed by atoms with Crippen molar-refractivity contribution < 1.29 is 0 Å². The molecule has 0 atom stereocenters. The average molecular weight is 763 g/mol. The highest BCUT2D eigenvalue weighted by Crippen LogP contribution is 2.59. The molecule has 10 rings (SSSR count). The molecule has 9 aromatic carbocycles. The number of hydrogen-bond donors (Lipinski definition) is 0. The van der Waals surface area contributed by atoms with Crippen molar-refractivity contribution in [3.05, 3.63) is 202 Å². The maximum atomic E-state index is 2.52. The number of para-hydroxylation sites is 2. The van der Waals surface area contributed by atoms with Crippen LogP contribution in [0.1, 0.15) is 58.4 Å². The smallest absolute Gasteiger partial charge is 0.0543 e. The molecule has 1 aliphatic rings. The Balaban J connectivity index is 1.25. The second-order valence-corrected chi connectivity index (χ2v) is 17.3. The number of rotatable bonds is 6. The quantitative estimate of drug-likeness (QED) is 0.156. The Bertz CT molecular complexity index is 3090. The molecule has 0 aliphatic heterocycles. The first-order chi connectivity index (χ1) is 28.5. The van der Waals surface area contributed by atoms with Crippen LogP contribution in [0, 0.1) is 41.5 Å². The molecular formula is C57H50N2. The van der Waals surface area contributed by atoms with Crippen molar-refractivity contribution in [2.75, 3.05) is 9.80 Å². The monoisotopic (exact) mass is 762 g/mol. The van der Waals surface area contributed by atoms with Crippen LogP contribution in [0.3, 0.4) is 0 Å². The van der Waals surface area contributed by atoms with Gasteiger partial charge < -0.3 is 9.80 Å². The molecule has 9 aromatic rings. The largest absolute Gasteiger partial charge is 0.310 e. The molecule has 1 aliphatic carbocycles. The summed E-state index contributed by atoms with van der Waals surface area (Å²) < 4.78 is 0. The zero-order chi connectivity index (χ0) is 40.7. The molecule has 0 saturated heterocycles. The number of aryl methyl sites for hydroxylation is 4. The molecule has 0 amide bonds. The highest BCUT2D eigenvalue weighted by Gasteiger charge is 2.41. The Labute approximate surface area is 349 Å². The summed E-state index contributed by atoms with van der Waals surface area (Å²) >= 11 is 0. The van der Waals surface area contributed by atoms with Gasteiger partial charge in [-0.3, -0.25) is 0 Å². The van der Waals surface area contributed by atoms with Crippen molar-refractivity contribution in [3.8, 4) is 11.1 Å². The molecule has 59 heavy (non-hydrogen) atoms. The van der Waals surface area contributed by atoms with Gasteiger partial charge in [0.1, 0.15) is 0 Å². The van der Waals surface area contributed by atoms with Crippen LogP contribution in [-0.4, -0.2) is 0 Å². The minimum atomic E-state index is -0.293. The van der Waals surface area contributed by atoms with E-state index in [1.807, 2.05) is 0 Å². The van der Waals surface area contributed by atoms with Gasteiger partial charge in [-0.05, 0) is 191 Å². The van der Waals surface area contributed by atoms with Gasteiger partial charge in [-0.25, -0.2) is 0 Å². The summed E-state index contributed by atoms with van der Waals surface area (Å²) in [6, 6.07) is 59.0. The maximum Gasteiger partial charge on any atom is 0.0543 e. The standard InChI is InChI=1S/C57H50N2/c1-35-29-44(30-36(2)39(35)5)58(41-19-11-9-12-20-41)43-27-28-50-51(33-43)46-23-15-17-25-48(46)55-54-49-26-18-16-24-47(49)53(34-52(54)57(7,8)56(50)55)59(42-21-13-10-14-22-42)45-31-37(3)40(6)38(4)32-45/h9-34H,1-8H3. The van der Waals surface area contributed by atoms with E-state index in [4.69, 9.17) is 0 Å². The molecule has 0 saturated carbocycles. The summed E-state index contributed by atoms with van der Waals surface area (Å²) in [5, 5.41) is 7.70. The third kappa shape index (κ3) is 5.69. The summed E-state index contributed by atoms with van der Waals surface area (Å²) in [7, 11) is 0. The van der Waals surface area contributed by atoms with E-state index in [0.717, 1.165) is 17.1 Å². The molecule has 0 aromatic heterocycles. The fraction of sp³-hybridized carbons (Fsp3) is 0.158. The van der Waals surface area contributed by atoms with Crippen molar-refractivity contribution in [3.63, 3.8) is 0 Å². The highest BCUT2D eigenvalue weighted by atomic mass is 15.1. The van der Waals surface area contributed by atoms with E-state index in [9.17, 15) is 0 Å². The molecule has 0 heterocycles. The molecular weight excluding hydrogens is 713 g/mol. The summed E-state index contributed by atoms with van der Waals surface area (Å²) in [5.74, 6) is 0. The van der Waals surface area contributed by atoms with E-state index in [0.29, 0.717) is 0 Å². The fourth-order valence-electron chi connectivity index (χ4n) is 9.98. The van der Waals surface area contributed by atoms with Gasteiger partial charge in [-0.1, -0.05) is 105 Å². The molecule has 0 bridgehead atoms. The van der Waals surface area contributed by atoms with Gasteiger partial charge in [0, 0.05) is 39.2 Å². The third-order valence-corrected chi connectivity index (χ3v) is 13.4. The van der Waals surface area contributed by atoms with Crippen LogP contribution in [0.15, 0.2) is 158 Å². The number of benzene rings is 9. The zero-order valence-corrected chi connectivity index (χ0v) is 35.4. The first-order valence-electron chi connectivity index (χ1n) is 20.9. The highest BCUT2D eigenvalue weighted by molar-refractivity contribution is 6.23. The lowest BCUT2D eigenvalue weighted by Gasteiger charge is -2.31. The number of fused-ring (bicyclic) bond motifs is 10. The molecule has 0 spiro atoms. The molecule has 2 nitrogen and oxygen atoms in total. The lowest BCUT2D eigenvalue weighted by atomic mass is 9.79. The van der Waals surface area contributed by atoms with Crippen LogP contribution < -0.4 is 9.80 Å². The molecule has 0 N–H and O–H groups in total. The van der Waals surface area contributed by atoms with Gasteiger partial charge in [-0.15, -0.1) is 0 Å². The Kier molecular flexibility index (Phi) is 8.54. The molecule has 0 unspecified atom stereocenters. The number of anilines is 6. The molecule has 2 heteroatoms. The van der Waals surface area contributed by atoms with Crippen LogP contribution in [0.2, 0.25) is 0 Å². The van der Waals surface area contributed by atoms with E-state index in [-0.39, 0.29) is 5.41 Å². The average Bonchev–Trinajstić information content (AvgIpc) is 3.49. The summed E-state index contributed by atoms with van der Waals surface area (Å²) in [5.41, 5.74) is 20.1. The van der Waals surface area contributed by atoms with Crippen LogP contribution in [0.4, 0.5) is 34.1 Å². The van der Waals surface area contributed by atoms with Crippen LogP contribution >= 0.6 is 0 Å². The maximum absolute atomic E-state index is 2.52. The third-order valence-electron chi connectivity index (χ3n) is 13.4. The van der Waals surface area contributed by atoms with Crippen LogP contribution in [0.25, 0.3) is 43.4 Å². The van der Waals surface area contributed by atoms with Gasteiger partial charge in [-0.2, -0.15) is 0 Å². The minimum absolute atomic E-state index is 0.293. The lowest BCUT2D eigenvalue weighted by molar-refractivity contribution is 0.667. The van der Waals surface area contributed by atoms with E-state index >= 15 is 0 Å². The SMILES string of the molecule is Cc1cc(N(c2ccccc2)c2ccc3c4c(c5ccccc5c3c2)-c2c(cc(N(c3ccccc3)c3cc(C)c(C)c(C)c3)c3ccccc23)C4(C)C)cc(C)c1C. The van der Waals surface area contributed by atoms with E-state index in [1.54, 1.807) is 0 Å². The van der Waals surface area contributed by atoms with E-state index in [2.05, 4.69) is 223 Å². The predicted molar refractivity (Wildman–Crippen MR) is 254 cm³/mol. The molecule has 0 fully saturated rings. The zero-order valence-electron chi connectivity index (χ0n) is 35.4. The van der Waals surface area contributed by atoms with E-state index < -0.39 is 0 Å². The van der Waals surface area contributed by atoms with Gasteiger partial charge in [0.05, 0.1) is 5.69 Å². The topological polar surface area (TPSA) is 6.48 Å². The van der Waals surface area contributed by atoms with E-state index in [1.165, 1.54) is 105 Å². The van der Waals surface area contributed by atoms with Gasteiger partial charge in [0.2, 0.25) is 0 Å². The number of nitrogens with zero attached hydrogens (tertiary/aromatic N) is 2. The second kappa shape index (κ2) is 13.7. The van der Waals surface area contributed by atoms with Crippen LogP contribution in [-0.2, 0) is 5.41 Å². The van der Waals surface area contributed by atoms with Crippen molar-refractivity contribution in [1.29, 1.82) is 0 Å². The summed E-state index contributed by atoms with van der Waals surface area (Å²) in [6.45, 7) is 18.3. The Morgan fingerprint density at radius 2 is 0.797 bits per heavy atom. The van der Waals surface area contributed by atoms with Gasteiger partial charge in [0.15, 0.2) is 0 Å². The molecule has 288 valence electrons. The van der Waals surface area contributed by atoms with Crippen molar-refractivity contribution in [2.24, 2.45) is 0 Å². The number of hydrogen-bond acceptors (Lipinski definition) is 2. The summed E-state index contributed by atoms with van der Waals surface area (Å²) in [4.78, 5) is 4.91. The fourth-order valence-corrected chi connectivity index (χ4v) is 9.98. The van der Waals surface area contributed by atoms with Crippen molar-refractivity contribution >= 4 is 66.4 Å². The second-order valence-electron chi connectivity index (χ2n) is 17.3. The van der Waals surface area contributed by atoms with Gasteiger partial charge >= 0.3 is 0 Å². The Hall–Kier alpha value is -6.64. The first-order valence-corrected chi connectivity index (χ1v) is 20.9. The van der Waals surface area contributed by atoms with Crippen molar-refractivity contribution in [2.45, 2.75) is 60.8 Å². The Morgan fingerprint density at radius 3 is 1.36 bits per heavy atom. The normalized spacial score (nSPS) is 12.9. The van der Waals surface area contributed by atoms with Crippen LogP contribution in [0.5, 0.6) is 0 Å². The van der Waals surface area contributed by atoms with Gasteiger partial charge in [0.25, 0.3) is 0 Å². The lowest BCUT2D eigenvalue weighted by Crippen LogP contribution is -2.18.